The molecule has 1 fully saturated rings. The number of hydrogen-bond acceptors (Lipinski definition) is 5. The molecule has 2 aromatic carbocycles. The molecule has 182 valence electrons. The zero-order valence-corrected chi connectivity index (χ0v) is 20.0. The Hall–Kier alpha value is -2.71. The highest BCUT2D eigenvalue weighted by Gasteiger charge is 2.25. The Balaban J connectivity index is 1.94. The van der Waals surface area contributed by atoms with E-state index < -0.39 is 25.8 Å². The van der Waals surface area contributed by atoms with Gasteiger partial charge in [0.15, 0.2) is 5.43 Å². The number of phosphoric ester groups is 1. The third-order valence-corrected chi connectivity index (χ3v) is 6.87. The molecule has 4 rings (SSSR count). The van der Waals surface area contributed by atoms with Crippen molar-refractivity contribution in [3.63, 3.8) is 0 Å². The lowest BCUT2D eigenvalue weighted by atomic mass is 9.94. The first-order valence-electron chi connectivity index (χ1n) is 11.1. The van der Waals surface area contributed by atoms with Gasteiger partial charge in [0.1, 0.15) is 18.3 Å². The van der Waals surface area contributed by atoms with Crippen LogP contribution in [0.1, 0.15) is 32.1 Å². The van der Waals surface area contributed by atoms with Crippen LogP contribution in [0.15, 0.2) is 47.4 Å². The highest BCUT2D eigenvalue weighted by Crippen LogP contribution is 2.38. The van der Waals surface area contributed by atoms with Gasteiger partial charge in [-0.2, -0.15) is 0 Å². The molecule has 0 aliphatic heterocycles. The predicted octanol–water partition coefficient (Wildman–Crippen LogP) is 4.65. The Morgan fingerprint density at radius 1 is 1.12 bits per heavy atom. The van der Waals surface area contributed by atoms with Gasteiger partial charge in [0.05, 0.1) is 23.7 Å². The molecule has 10 heteroatoms. The van der Waals surface area contributed by atoms with Crippen LogP contribution >= 0.6 is 7.82 Å². The Bertz CT molecular complexity index is 1280. The van der Waals surface area contributed by atoms with E-state index in [4.69, 9.17) is 9.26 Å². The molecule has 0 bridgehead atoms. The lowest BCUT2D eigenvalue weighted by molar-refractivity contribution is 0.156. The molecule has 0 radical (unpaired) electrons. The first-order chi connectivity index (χ1) is 16.2. The maximum absolute atomic E-state index is 15.2. The minimum atomic E-state index is -4.82. The molecular weight excluding hydrogens is 462 g/mol. The van der Waals surface area contributed by atoms with E-state index in [1.165, 1.54) is 30.4 Å². The summed E-state index contributed by atoms with van der Waals surface area (Å²) in [5.41, 5.74) is 1.03. The second kappa shape index (κ2) is 9.88. The second-order valence-electron chi connectivity index (χ2n) is 8.51. The van der Waals surface area contributed by atoms with Crippen LogP contribution in [0.3, 0.4) is 0 Å². The van der Waals surface area contributed by atoms with E-state index in [2.05, 4.69) is 0 Å². The van der Waals surface area contributed by atoms with E-state index >= 15 is 4.39 Å². The molecular formula is C24H28FN2O6P. The third kappa shape index (κ3) is 5.03. The van der Waals surface area contributed by atoms with Crippen molar-refractivity contribution in [2.24, 2.45) is 0 Å². The number of ether oxygens (including phenoxy) is 1. The van der Waals surface area contributed by atoms with Gasteiger partial charge in [-0.3, -0.25) is 9.32 Å². The van der Waals surface area contributed by atoms with Crippen LogP contribution in [0.4, 0.5) is 10.1 Å². The highest BCUT2D eigenvalue weighted by atomic mass is 31.2. The molecule has 34 heavy (non-hydrogen) atoms. The van der Waals surface area contributed by atoms with Crippen molar-refractivity contribution < 1.29 is 28.0 Å². The zero-order chi connectivity index (χ0) is 24.5. The second-order valence-corrected chi connectivity index (χ2v) is 9.75. The highest BCUT2D eigenvalue weighted by molar-refractivity contribution is 7.46. The number of phosphoric acid groups is 1. The lowest BCUT2D eigenvalue weighted by Crippen LogP contribution is -2.34. The molecule has 0 unspecified atom stereocenters. The van der Waals surface area contributed by atoms with Gasteiger partial charge < -0.3 is 24.0 Å². The van der Waals surface area contributed by atoms with E-state index in [0.29, 0.717) is 17.0 Å². The van der Waals surface area contributed by atoms with Gasteiger partial charge in [-0.1, -0.05) is 31.4 Å². The van der Waals surface area contributed by atoms with E-state index in [1.54, 1.807) is 30.3 Å². The number of nitrogens with zero attached hydrogens (tertiary/aromatic N) is 2. The van der Waals surface area contributed by atoms with E-state index in [-0.39, 0.29) is 22.5 Å². The fourth-order valence-corrected chi connectivity index (χ4v) is 4.92. The molecule has 1 aliphatic rings. The first kappa shape index (κ1) is 24.4. The average molecular weight is 490 g/mol. The third-order valence-electron chi connectivity index (χ3n) is 6.42. The van der Waals surface area contributed by atoms with Gasteiger partial charge in [0, 0.05) is 24.8 Å². The van der Waals surface area contributed by atoms with Crippen LogP contribution in [0.5, 0.6) is 5.75 Å². The van der Waals surface area contributed by atoms with Crippen LogP contribution in [0, 0.1) is 5.82 Å². The largest absolute Gasteiger partial charge is 0.497 e. The maximum atomic E-state index is 15.2. The number of benzene rings is 2. The number of rotatable bonds is 7. The molecule has 0 saturated heterocycles. The van der Waals surface area contributed by atoms with Gasteiger partial charge in [0.2, 0.25) is 0 Å². The summed E-state index contributed by atoms with van der Waals surface area (Å²) in [5.74, 6) is -0.113. The number of hydrogen-bond donors (Lipinski definition) is 2. The average Bonchev–Trinajstić information content (AvgIpc) is 2.83. The standard InChI is InChI=1S/C24H28FN2O6P/c1-26(17-6-4-3-5-7-17)21-13-12-20(25)22-23(21)27(15-33-34(29,30)31)14-19(24(22)28)16-8-10-18(32-2)11-9-16/h8-14,17H,3-7,15H2,1-2H3,(H2,29,30,31). The van der Waals surface area contributed by atoms with Crippen molar-refractivity contribution in [2.45, 2.75) is 44.9 Å². The fraction of sp³-hybridized carbons (Fsp3) is 0.375. The van der Waals surface area contributed by atoms with Crippen molar-refractivity contribution in [2.75, 3.05) is 19.1 Å². The number of fused-ring (bicyclic) bond motifs is 1. The normalized spacial score (nSPS) is 15.0. The van der Waals surface area contributed by atoms with Crippen LogP contribution < -0.4 is 15.1 Å². The smallest absolute Gasteiger partial charge is 0.471 e. The van der Waals surface area contributed by atoms with Crippen LogP contribution in [0.2, 0.25) is 0 Å². The number of halogens is 1. The molecule has 1 aromatic heterocycles. The minimum Gasteiger partial charge on any atom is -0.497 e. The maximum Gasteiger partial charge on any atom is 0.471 e. The van der Waals surface area contributed by atoms with Gasteiger partial charge in [-0.05, 0) is 42.7 Å². The summed E-state index contributed by atoms with van der Waals surface area (Å²) >= 11 is 0. The van der Waals surface area contributed by atoms with E-state index in [9.17, 15) is 19.1 Å². The molecule has 1 aliphatic carbocycles. The molecule has 1 heterocycles. The minimum absolute atomic E-state index is 0.150. The number of anilines is 1. The fourth-order valence-electron chi connectivity index (χ4n) is 4.64. The molecule has 1 saturated carbocycles. The summed E-state index contributed by atoms with van der Waals surface area (Å²) in [6, 6.07) is 9.79. The molecule has 0 spiro atoms. The summed E-state index contributed by atoms with van der Waals surface area (Å²) < 4.78 is 38.0. The van der Waals surface area contributed by atoms with Crippen molar-refractivity contribution in [3.05, 3.63) is 58.6 Å². The Labute approximate surface area is 196 Å². The Morgan fingerprint density at radius 2 is 1.79 bits per heavy atom. The summed E-state index contributed by atoms with van der Waals surface area (Å²) in [7, 11) is -1.39. The molecule has 0 amide bonds. The molecule has 0 atom stereocenters. The van der Waals surface area contributed by atoms with Crippen molar-refractivity contribution in [1.29, 1.82) is 0 Å². The number of methoxy groups -OCH3 is 1. The summed E-state index contributed by atoms with van der Waals surface area (Å²) in [6.07, 6.45) is 6.75. The monoisotopic (exact) mass is 490 g/mol. The van der Waals surface area contributed by atoms with E-state index in [1.807, 2.05) is 11.9 Å². The topological polar surface area (TPSA) is 101 Å². The van der Waals surface area contributed by atoms with Gasteiger partial charge >= 0.3 is 7.82 Å². The van der Waals surface area contributed by atoms with Crippen LogP contribution in [-0.2, 0) is 15.8 Å². The Morgan fingerprint density at radius 3 is 2.41 bits per heavy atom. The number of aromatic nitrogens is 1. The molecule has 2 N–H and O–H groups in total. The SMILES string of the molecule is COc1ccc(-c2cn(COP(=O)(O)O)c3c(N(C)C4CCCCC4)ccc(F)c3c2=O)cc1. The van der Waals surface area contributed by atoms with Gasteiger partial charge in [-0.15, -0.1) is 0 Å². The van der Waals surface area contributed by atoms with Crippen molar-refractivity contribution in [1.82, 2.24) is 4.57 Å². The quantitative estimate of drug-likeness (QED) is 0.465. The zero-order valence-electron chi connectivity index (χ0n) is 19.1. The predicted molar refractivity (Wildman–Crippen MR) is 129 cm³/mol. The molecule has 3 aromatic rings. The number of pyridine rings is 1. The Kier molecular flexibility index (Phi) is 7.09. The summed E-state index contributed by atoms with van der Waals surface area (Å²) in [4.78, 5) is 34.1. The van der Waals surface area contributed by atoms with Crippen molar-refractivity contribution >= 4 is 24.4 Å². The first-order valence-corrected chi connectivity index (χ1v) is 12.7. The van der Waals surface area contributed by atoms with Gasteiger partial charge in [0.25, 0.3) is 0 Å². The van der Waals surface area contributed by atoms with Gasteiger partial charge in [-0.25, -0.2) is 8.96 Å². The van der Waals surface area contributed by atoms with Crippen LogP contribution in [-0.4, -0.2) is 34.6 Å². The molecule has 8 nitrogen and oxygen atoms in total. The van der Waals surface area contributed by atoms with E-state index in [0.717, 1.165) is 25.7 Å². The van der Waals surface area contributed by atoms with Crippen molar-refractivity contribution in [3.8, 4) is 16.9 Å². The summed E-state index contributed by atoms with van der Waals surface area (Å²) in [5, 5.41) is -0.150. The lowest BCUT2D eigenvalue weighted by Gasteiger charge is -2.34. The summed E-state index contributed by atoms with van der Waals surface area (Å²) in [6.45, 7) is -0.556. The van der Waals surface area contributed by atoms with Crippen LogP contribution in [0.25, 0.3) is 22.0 Å².